The van der Waals surface area contributed by atoms with Crippen molar-refractivity contribution in [2.45, 2.75) is 11.6 Å². The van der Waals surface area contributed by atoms with Gasteiger partial charge in [0.25, 0.3) is 15.9 Å². The third-order valence-electron chi connectivity index (χ3n) is 4.57. The number of nitrogens with zero attached hydrogens (tertiary/aromatic N) is 3. The highest BCUT2D eigenvalue weighted by Gasteiger charge is 2.26. The number of rotatable bonds is 5. The molecule has 1 saturated heterocycles. The van der Waals surface area contributed by atoms with Crippen LogP contribution in [0, 0.1) is 5.82 Å². The molecule has 7 nitrogen and oxygen atoms in total. The van der Waals surface area contributed by atoms with Crippen molar-refractivity contribution < 1.29 is 22.0 Å². The summed E-state index contributed by atoms with van der Waals surface area (Å²) in [5, 5.41) is 0.00455. The van der Waals surface area contributed by atoms with E-state index in [1.807, 2.05) is 0 Å². The second-order valence-electron chi connectivity index (χ2n) is 6.70. The summed E-state index contributed by atoms with van der Waals surface area (Å²) in [5.74, 6) is -0.177. The van der Waals surface area contributed by atoms with Crippen LogP contribution in [0.5, 0.6) is 0 Å². The Labute approximate surface area is 168 Å². The molecule has 1 aliphatic heterocycles. The molecule has 28 heavy (non-hydrogen) atoms. The van der Waals surface area contributed by atoms with Crippen LogP contribution in [-0.2, 0) is 16.6 Å². The molecule has 0 atom stereocenters. The van der Waals surface area contributed by atoms with Gasteiger partial charge in [-0.2, -0.15) is 0 Å². The van der Waals surface area contributed by atoms with Gasteiger partial charge in [-0.25, -0.2) is 17.1 Å². The molecule has 1 fully saturated rings. The van der Waals surface area contributed by atoms with E-state index in [-0.39, 0.29) is 21.6 Å². The molecular formula is C18H21ClFN3O4S. The van der Waals surface area contributed by atoms with E-state index >= 15 is 0 Å². The van der Waals surface area contributed by atoms with Crippen LogP contribution in [0.1, 0.15) is 16.1 Å². The molecule has 1 aromatic heterocycles. The van der Waals surface area contributed by atoms with Crippen LogP contribution in [0.15, 0.2) is 39.8 Å². The summed E-state index contributed by atoms with van der Waals surface area (Å²) in [7, 11) is -0.707. The van der Waals surface area contributed by atoms with Crippen LogP contribution < -0.4 is 0 Å². The van der Waals surface area contributed by atoms with Gasteiger partial charge in [0, 0.05) is 40.3 Å². The summed E-state index contributed by atoms with van der Waals surface area (Å²) in [6.07, 6.45) is 0. The van der Waals surface area contributed by atoms with Gasteiger partial charge in [-0.1, -0.05) is 11.6 Å². The van der Waals surface area contributed by atoms with Crippen molar-refractivity contribution in [2.24, 2.45) is 0 Å². The van der Waals surface area contributed by atoms with E-state index in [0.717, 1.165) is 10.4 Å². The van der Waals surface area contributed by atoms with Crippen LogP contribution in [-0.4, -0.2) is 68.7 Å². The van der Waals surface area contributed by atoms with Crippen molar-refractivity contribution in [1.82, 2.24) is 14.1 Å². The highest BCUT2D eigenvalue weighted by atomic mass is 35.5. The minimum absolute atomic E-state index is 0.0905. The average Bonchev–Trinajstić information content (AvgIpc) is 3.11. The first-order chi connectivity index (χ1) is 13.2. The zero-order valence-electron chi connectivity index (χ0n) is 15.6. The lowest BCUT2D eigenvalue weighted by Crippen LogP contribution is -2.48. The van der Waals surface area contributed by atoms with Gasteiger partial charge in [0.2, 0.25) is 5.09 Å². The predicted molar refractivity (Wildman–Crippen MR) is 102 cm³/mol. The summed E-state index contributed by atoms with van der Waals surface area (Å²) < 4.78 is 43.9. The highest BCUT2D eigenvalue weighted by molar-refractivity contribution is 7.88. The Morgan fingerprint density at radius 1 is 1.18 bits per heavy atom. The Bertz CT molecular complexity index is 969. The molecule has 0 bridgehead atoms. The van der Waals surface area contributed by atoms with Gasteiger partial charge >= 0.3 is 0 Å². The van der Waals surface area contributed by atoms with E-state index in [1.165, 1.54) is 32.3 Å². The maximum Gasteiger partial charge on any atom is 0.275 e. The van der Waals surface area contributed by atoms with E-state index < -0.39 is 15.8 Å². The number of halogens is 2. The smallest absolute Gasteiger partial charge is 0.275 e. The summed E-state index contributed by atoms with van der Waals surface area (Å²) >= 11 is 5.98. The topological polar surface area (TPSA) is 74.1 Å². The van der Waals surface area contributed by atoms with Gasteiger partial charge in [0.05, 0.1) is 17.1 Å². The van der Waals surface area contributed by atoms with Crippen molar-refractivity contribution in [3.63, 3.8) is 0 Å². The SMILES string of the molecule is CN(C)S(=O)(=O)c1ccc(CN2CCN(C(=O)c3ccc(F)cc3Cl)CC2)o1. The van der Waals surface area contributed by atoms with Gasteiger partial charge in [0.1, 0.15) is 11.6 Å². The van der Waals surface area contributed by atoms with E-state index in [1.54, 1.807) is 11.0 Å². The third-order valence-corrected chi connectivity index (χ3v) is 6.57. The molecule has 0 spiro atoms. The largest absolute Gasteiger partial charge is 0.447 e. The number of sulfonamides is 1. The molecule has 3 rings (SSSR count). The highest BCUT2D eigenvalue weighted by Crippen LogP contribution is 2.21. The van der Waals surface area contributed by atoms with Gasteiger partial charge in [-0.05, 0) is 30.3 Å². The number of hydrogen-bond donors (Lipinski definition) is 0. The van der Waals surface area contributed by atoms with Crippen molar-refractivity contribution in [3.05, 3.63) is 52.5 Å². The minimum atomic E-state index is -3.60. The summed E-state index contributed by atoms with van der Waals surface area (Å²) in [4.78, 5) is 16.3. The van der Waals surface area contributed by atoms with Crippen molar-refractivity contribution in [2.75, 3.05) is 40.3 Å². The number of furan rings is 1. The van der Waals surface area contributed by atoms with Gasteiger partial charge in [0.15, 0.2) is 0 Å². The molecule has 0 N–H and O–H groups in total. The van der Waals surface area contributed by atoms with Crippen LogP contribution in [0.4, 0.5) is 4.39 Å². The lowest BCUT2D eigenvalue weighted by Gasteiger charge is -2.34. The third kappa shape index (κ3) is 4.38. The van der Waals surface area contributed by atoms with Crippen LogP contribution >= 0.6 is 11.6 Å². The number of hydrogen-bond acceptors (Lipinski definition) is 5. The zero-order chi connectivity index (χ0) is 20.5. The monoisotopic (exact) mass is 429 g/mol. The van der Waals surface area contributed by atoms with E-state index in [0.29, 0.717) is 38.5 Å². The first-order valence-electron chi connectivity index (χ1n) is 8.66. The minimum Gasteiger partial charge on any atom is -0.447 e. The summed E-state index contributed by atoms with van der Waals surface area (Å²) in [6, 6.07) is 6.82. The molecule has 2 aromatic rings. The Morgan fingerprint density at radius 2 is 1.86 bits per heavy atom. The fraction of sp³-hybridized carbons (Fsp3) is 0.389. The molecule has 10 heteroatoms. The molecule has 1 amide bonds. The Morgan fingerprint density at radius 3 is 2.46 bits per heavy atom. The lowest BCUT2D eigenvalue weighted by molar-refractivity contribution is 0.0618. The van der Waals surface area contributed by atoms with E-state index in [2.05, 4.69) is 4.90 Å². The number of amides is 1. The van der Waals surface area contributed by atoms with E-state index in [9.17, 15) is 17.6 Å². The standard InChI is InChI=1S/C18H21ClFN3O4S/c1-21(2)28(25,26)17-6-4-14(27-17)12-22-7-9-23(10-8-22)18(24)15-5-3-13(20)11-16(15)19/h3-6,11H,7-10,12H2,1-2H3. The second kappa shape index (κ2) is 8.20. The predicted octanol–water partition coefficient (Wildman–Crippen LogP) is 2.28. The van der Waals surface area contributed by atoms with Gasteiger partial charge in [-0.15, -0.1) is 0 Å². The van der Waals surface area contributed by atoms with E-state index in [4.69, 9.17) is 16.0 Å². The Kier molecular flexibility index (Phi) is 6.09. The number of piperazine rings is 1. The van der Waals surface area contributed by atoms with Gasteiger partial charge in [-0.3, -0.25) is 9.69 Å². The molecule has 1 aromatic carbocycles. The average molecular weight is 430 g/mol. The molecule has 152 valence electrons. The molecule has 0 radical (unpaired) electrons. The molecule has 0 aliphatic carbocycles. The van der Waals surface area contributed by atoms with Crippen LogP contribution in [0.3, 0.4) is 0 Å². The van der Waals surface area contributed by atoms with Crippen molar-refractivity contribution in [1.29, 1.82) is 0 Å². The first kappa shape index (κ1) is 20.8. The molecule has 2 heterocycles. The Balaban J connectivity index is 1.59. The van der Waals surface area contributed by atoms with Crippen molar-refractivity contribution in [3.8, 4) is 0 Å². The normalized spacial score (nSPS) is 16.0. The zero-order valence-corrected chi connectivity index (χ0v) is 17.1. The maximum atomic E-state index is 13.2. The number of carbonyl (C=O) groups is 1. The van der Waals surface area contributed by atoms with Gasteiger partial charge < -0.3 is 9.32 Å². The fourth-order valence-corrected chi connectivity index (χ4v) is 3.98. The second-order valence-corrected chi connectivity index (χ2v) is 9.19. The number of benzene rings is 1. The fourth-order valence-electron chi connectivity index (χ4n) is 2.92. The molecular weight excluding hydrogens is 409 g/mol. The number of carbonyl (C=O) groups excluding carboxylic acids is 1. The van der Waals surface area contributed by atoms with Crippen molar-refractivity contribution >= 4 is 27.5 Å². The van der Waals surface area contributed by atoms with Crippen LogP contribution in [0.25, 0.3) is 0 Å². The van der Waals surface area contributed by atoms with Crippen LogP contribution in [0.2, 0.25) is 5.02 Å². The molecule has 0 unspecified atom stereocenters. The lowest BCUT2D eigenvalue weighted by atomic mass is 10.1. The quantitative estimate of drug-likeness (QED) is 0.729. The first-order valence-corrected chi connectivity index (χ1v) is 10.5. The summed E-state index contributed by atoms with van der Waals surface area (Å²) in [6.45, 7) is 2.61. The summed E-state index contributed by atoms with van der Waals surface area (Å²) in [5.41, 5.74) is 0.279. The molecule has 0 saturated carbocycles. The maximum absolute atomic E-state index is 13.2. The Hall–Kier alpha value is -1.94. The molecule has 1 aliphatic rings.